The van der Waals surface area contributed by atoms with E-state index >= 15 is 0 Å². The second-order valence-corrected chi connectivity index (χ2v) is 6.68. The third-order valence-electron chi connectivity index (χ3n) is 4.97. The molecule has 1 aliphatic heterocycles. The van der Waals surface area contributed by atoms with Crippen molar-refractivity contribution in [1.29, 1.82) is 0 Å². The summed E-state index contributed by atoms with van der Waals surface area (Å²) in [7, 11) is 1.98. The second-order valence-electron chi connectivity index (χ2n) is 6.68. The Kier molecular flexibility index (Phi) is 5.13. The van der Waals surface area contributed by atoms with E-state index in [1.54, 1.807) is 6.20 Å². The molecule has 5 nitrogen and oxygen atoms in total. The van der Waals surface area contributed by atoms with Crippen molar-refractivity contribution in [3.63, 3.8) is 0 Å². The van der Waals surface area contributed by atoms with Crippen LogP contribution >= 0.6 is 0 Å². The fourth-order valence-corrected chi connectivity index (χ4v) is 3.61. The Morgan fingerprint density at radius 2 is 2.14 bits per heavy atom. The number of hydrogen-bond donors (Lipinski definition) is 0. The zero-order valence-electron chi connectivity index (χ0n) is 13.5. The highest BCUT2D eigenvalue weighted by atomic mass is 16.5. The molecule has 1 aromatic rings. The van der Waals surface area contributed by atoms with Crippen LogP contribution in [0.1, 0.15) is 50.8 Å². The van der Waals surface area contributed by atoms with Crippen molar-refractivity contribution in [2.45, 2.75) is 57.6 Å². The normalized spacial score (nSPS) is 22.9. The molecule has 22 heavy (non-hydrogen) atoms. The number of aryl methyl sites for hydroxylation is 1. The summed E-state index contributed by atoms with van der Waals surface area (Å²) in [6, 6.07) is 0. The average molecular weight is 305 g/mol. The van der Waals surface area contributed by atoms with Crippen LogP contribution in [-0.2, 0) is 23.1 Å². The Labute approximate surface area is 132 Å². The van der Waals surface area contributed by atoms with Gasteiger partial charge in [0.2, 0.25) is 0 Å². The second kappa shape index (κ2) is 7.27. The van der Waals surface area contributed by atoms with E-state index in [0.717, 1.165) is 31.8 Å². The summed E-state index contributed by atoms with van der Waals surface area (Å²) in [6.07, 6.45) is 11.8. The molecule has 1 aromatic heterocycles. The molecule has 1 aliphatic carbocycles. The largest absolute Gasteiger partial charge is 0.368 e. The van der Waals surface area contributed by atoms with Gasteiger partial charge in [0.1, 0.15) is 11.9 Å². The summed E-state index contributed by atoms with van der Waals surface area (Å²) < 4.78 is 7.61. The van der Waals surface area contributed by atoms with Crippen molar-refractivity contribution < 1.29 is 9.53 Å². The van der Waals surface area contributed by atoms with E-state index in [9.17, 15) is 4.79 Å². The van der Waals surface area contributed by atoms with Crippen LogP contribution in [0.25, 0.3) is 0 Å². The van der Waals surface area contributed by atoms with Crippen LogP contribution in [0.2, 0.25) is 0 Å². The maximum Gasteiger partial charge on any atom is 0.252 e. The van der Waals surface area contributed by atoms with Gasteiger partial charge in [-0.1, -0.05) is 19.3 Å². The molecular weight excluding hydrogens is 278 g/mol. The van der Waals surface area contributed by atoms with Crippen molar-refractivity contribution in [3.05, 3.63) is 18.2 Å². The van der Waals surface area contributed by atoms with Gasteiger partial charge in [-0.2, -0.15) is 0 Å². The molecule has 0 unspecified atom stereocenters. The van der Waals surface area contributed by atoms with Gasteiger partial charge in [0.15, 0.2) is 0 Å². The molecule has 1 saturated carbocycles. The molecule has 1 amide bonds. The lowest BCUT2D eigenvalue weighted by molar-refractivity contribution is -0.142. The number of carbonyl (C=O) groups excluding carboxylic acids is 1. The summed E-state index contributed by atoms with van der Waals surface area (Å²) in [4.78, 5) is 19.2. The third-order valence-corrected chi connectivity index (χ3v) is 4.97. The number of imidazole rings is 1. The predicted octanol–water partition coefficient (Wildman–Crippen LogP) is 2.51. The summed E-state index contributed by atoms with van der Waals surface area (Å²) >= 11 is 0. The van der Waals surface area contributed by atoms with Gasteiger partial charge in [0.05, 0.1) is 6.54 Å². The first kappa shape index (κ1) is 15.5. The van der Waals surface area contributed by atoms with Crippen molar-refractivity contribution in [3.8, 4) is 0 Å². The molecule has 0 aromatic carbocycles. The van der Waals surface area contributed by atoms with Crippen LogP contribution in [0.15, 0.2) is 12.4 Å². The topological polar surface area (TPSA) is 47.4 Å². The van der Waals surface area contributed by atoms with Crippen molar-refractivity contribution >= 4 is 5.91 Å². The quantitative estimate of drug-likeness (QED) is 0.840. The van der Waals surface area contributed by atoms with E-state index in [-0.39, 0.29) is 12.0 Å². The highest BCUT2D eigenvalue weighted by Gasteiger charge is 2.30. The highest BCUT2D eigenvalue weighted by Crippen LogP contribution is 2.26. The summed E-state index contributed by atoms with van der Waals surface area (Å²) in [6.45, 7) is 2.17. The zero-order chi connectivity index (χ0) is 15.4. The minimum atomic E-state index is -0.233. The van der Waals surface area contributed by atoms with Crippen LogP contribution in [0.4, 0.5) is 0 Å². The smallest absolute Gasteiger partial charge is 0.252 e. The Hall–Kier alpha value is -1.36. The highest BCUT2D eigenvalue weighted by molar-refractivity contribution is 5.81. The average Bonchev–Trinajstić information content (AvgIpc) is 3.19. The van der Waals surface area contributed by atoms with Gasteiger partial charge in [-0.15, -0.1) is 0 Å². The molecule has 2 fully saturated rings. The maximum atomic E-state index is 12.8. The minimum Gasteiger partial charge on any atom is -0.368 e. The maximum absolute atomic E-state index is 12.8. The lowest BCUT2D eigenvalue weighted by atomic mass is 9.89. The van der Waals surface area contributed by atoms with E-state index in [2.05, 4.69) is 4.98 Å². The lowest BCUT2D eigenvalue weighted by Gasteiger charge is -2.31. The van der Waals surface area contributed by atoms with Crippen LogP contribution < -0.4 is 0 Å². The fraction of sp³-hybridized carbons (Fsp3) is 0.765. The Bertz CT molecular complexity index is 488. The number of carbonyl (C=O) groups is 1. The Balaban J connectivity index is 1.68. The number of rotatable bonds is 5. The van der Waals surface area contributed by atoms with E-state index in [1.165, 1.54) is 32.1 Å². The van der Waals surface area contributed by atoms with Crippen LogP contribution in [0.3, 0.4) is 0 Å². The first-order chi connectivity index (χ1) is 10.7. The molecule has 122 valence electrons. The third kappa shape index (κ3) is 3.69. The van der Waals surface area contributed by atoms with Crippen molar-refractivity contribution in [2.24, 2.45) is 13.0 Å². The van der Waals surface area contributed by atoms with E-state index in [0.29, 0.717) is 12.5 Å². The number of ether oxygens (including phenoxy) is 1. The number of aromatic nitrogens is 2. The lowest BCUT2D eigenvalue weighted by Crippen LogP contribution is -2.42. The van der Waals surface area contributed by atoms with Crippen LogP contribution in [0, 0.1) is 5.92 Å². The molecule has 5 heteroatoms. The first-order valence-corrected chi connectivity index (χ1v) is 8.60. The van der Waals surface area contributed by atoms with Crippen molar-refractivity contribution in [2.75, 3.05) is 13.2 Å². The van der Waals surface area contributed by atoms with Gasteiger partial charge in [0, 0.05) is 32.6 Å². The number of hydrogen-bond acceptors (Lipinski definition) is 3. The van der Waals surface area contributed by atoms with Gasteiger partial charge < -0.3 is 14.2 Å². The van der Waals surface area contributed by atoms with E-state index in [1.807, 2.05) is 22.7 Å². The summed E-state index contributed by atoms with van der Waals surface area (Å²) in [5.74, 6) is 1.74. The zero-order valence-corrected chi connectivity index (χ0v) is 13.5. The van der Waals surface area contributed by atoms with Crippen LogP contribution in [0.5, 0.6) is 0 Å². The molecular formula is C17H27N3O2. The predicted molar refractivity (Wildman–Crippen MR) is 84.2 cm³/mol. The summed E-state index contributed by atoms with van der Waals surface area (Å²) in [5.41, 5.74) is 0. The molecule has 2 aliphatic rings. The molecule has 1 saturated heterocycles. The molecule has 0 spiro atoms. The molecule has 0 radical (unpaired) electrons. The fourth-order valence-electron chi connectivity index (χ4n) is 3.61. The summed E-state index contributed by atoms with van der Waals surface area (Å²) in [5, 5.41) is 0. The number of nitrogens with zero attached hydrogens (tertiary/aromatic N) is 3. The van der Waals surface area contributed by atoms with Crippen LogP contribution in [-0.4, -0.2) is 39.6 Å². The SMILES string of the molecule is Cn1ccnc1CN(CC1CCCCC1)C(=O)[C@@H]1CCCO1. The molecule has 0 bridgehead atoms. The monoisotopic (exact) mass is 305 g/mol. The van der Waals surface area contributed by atoms with Crippen molar-refractivity contribution in [1.82, 2.24) is 14.5 Å². The van der Waals surface area contributed by atoms with Gasteiger partial charge in [0.25, 0.3) is 5.91 Å². The van der Waals surface area contributed by atoms with Gasteiger partial charge in [-0.05, 0) is 31.6 Å². The van der Waals surface area contributed by atoms with Gasteiger partial charge >= 0.3 is 0 Å². The van der Waals surface area contributed by atoms with Gasteiger partial charge in [-0.3, -0.25) is 4.79 Å². The Morgan fingerprint density at radius 3 is 2.77 bits per heavy atom. The standard InChI is InChI=1S/C17H27N3O2/c1-19-10-9-18-16(19)13-20(12-14-6-3-2-4-7-14)17(21)15-8-5-11-22-15/h9-10,14-15H,2-8,11-13H2,1H3/t15-/m0/s1. The Morgan fingerprint density at radius 1 is 1.32 bits per heavy atom. The van der Waals surface area contributed by atoms with E-state index < -0.39 is 0 Å². The van der Waals surface area contributed by atoms with Gasteiger partial charge in [-0.25, -0.2) is 4.98 Å². The first-order valence-electron chi connectivity index (χ1n) is 8.60. The minimum absolute atomic E-state index is 0.158. The molecule has 3 rings (SSSR count). The molecule has 1 atom stereocenters. The molecule has 2 heterocycles. The van der Waals surface area contributed by atoms with E-state index in [4.69, 9.17) is 4.74 Å². The number of amides is 1. The molecule has 0 N–H and O–H groups in total.